The molecule has 1 saturated carbocycles. The van der Waals surface area contributed by atoms with E-state index in [1.54, 1.807) is 14.2 Å². The van der Waals surface area contributed by atoms with Crippen molar-refractivity contribution in [2.24, 2.45) is 11.3 Å². The quantitative estimate of drug-likeness (QED) is 0.731. The Morgan fingerprint density at radius 2 is 1.92 bits per heavy atom. The number of carbonyl (C=O) groups excluding carboxylic acids is 1. The molecule has 1 aromatic carbocycles. The second-order valence-electron chi connectivity index (χ2n) is 7.26. The summed E-state index contributed by atoms with van der Waals surface area (Å²) in [7, 11) is 3.34. The fourth-order valence-corrected chi connectivity index (χ4v) is 4.06. The lowest BCUT2D eigenvalue weighted by atomic mass is 9.62. The summed E-state index contributed by atoms with van der Waals surface area (Å²) in [4.78, 5) is 12.8. The Morgan fingerprint density at radius 1 is 1.23 bits per heavy atom. The number of Topliss-reactive ketones (excluding diaryl/α,β-unsaturated/α-hetero) is 1. The Morgan fingerprint density at radius 3 is 2.50 bits per heavy atom. The second-order valence-corrected chi connectivity index (χ2v) is 7.26. The number of ketones is 1. The van der Waals surface area contributed by atoms with E-state index in [4.69, 9.17) is 14.2 Å². The second kappa shape index (κ2) is 8.26. The predicted molar refractivity (Wildman–Crippen MR) is 104 cm³/mol. The monoisotopic (exact) mass is 360 g/mol. The highest BCUT2D eigenvalue weighted by Gasteiger charge is 2.50. The molecule has 0 amide bonds. The van der Waals surface area contributed by atoms with Gasteiger partial charge in [0, 0.05) is 24.9 Å². The number of carbonyl (C=O) groups is 1. The van der Waals surface area contributed by atoms with Gasteiger partial charge in [0.15, 0.2) is 17.3 Å². The molecule has 0 N–H and O–H groups in total. The van der Waals surface area contributed by atoms with Gasteiger partial charge in [-0.2, -0.15) is 0 Å². The van der Waals surface area contributed by atoms with Gasteiger partial charge in [-0.05, 0) is 42.2 Å². The van der Waals surface area contributed by atoms with E-state index in [2.05, 4.69) is 6.07 Å². The van der Waals surface area contributed by atoms with Gasteiger partial charge in [-0.3, -0.25) is 4.79 Å². The lowest BCUT2D eigenvalue weighted by Gasteiger charge is -2.46. The average molecular weight is 360 g/mol. The highest BCUT2D eigenvalue weighted by atomic mass is 16.5. The van der Waals surface area contributed by atoms with Gasteiger partial charge in [0.25, 0.3) is 0 Å². The zero-order chi connectivity index (χ0) is 19.5. The maximum absolute atomic E-state index is 12.8. The van der Waals surface area contributed by atoms with Crippen LogP contribution in [-0.2, 0) is 22.6 Å². The first-order chi connectivity index (χ1) is 12.4. The molecule has 4 nitrogen and oxygen atoms in total. The fourth-order valence-electron chi connectivity index (χ4n) is 4.06. The lowest BCUT2D eigenvalue weighted by Crippen LogP contribution is -2.50. The zero-order valence-electron chi connectivity index (χ0n) is 17.1. The van der Waals surface area contributed by atoms with E-state index in [0.29, 0.717) is 13.0 Å². The molecule has 2 aliphatic rings. The van der Waals surface area contributed by atoms with Gasteiger partial charge in [0.05, 0.1) is 13.7 Å². The number of allylic oxidation sites excluding steroid dienone is 1. The molecule has 1 heterocycles. The standard InChI is InChI=1S/C20H26O4.C2H6/c1-6-13-10-16-15(20(2,3)19(13)21)9-14-7-12(11-22-4)8-17(23-5)18(14)24-16;1-2/h6-8,15-16H,9-11H2,1-5H3;1-2H3/b13-6+;. The molecule has 1 aliphatic heterocycles. The summed E-state index contributed by atoms with van der Waals surface area (Å²) >= 11 is 0. The SMILES string of the molecule is C/C=C1\CC2Oc3c(cc(COC)cc3OC)CC2C(C)(C)C1=O.CC. The van der Waals surface area contributed by atoms with Crippen LogP contribution in [0.15, 0.2) is 23.8 Å². The summed E-state index contributed by atoms with van der Waals surface area (Å²) < 4.78 is 17.1. The van der Waals surface area contributed by atoms with Gasteiger partial charge in [-0.15, -0.1) is 0 Å². The molecular formula is C22H32O4. The lowest BCUT2D eigenvalue weighted by molar-refractivity contribution is -0.132. The summed E-state index contributed by atoms with van der Waals surface area (Å²) in [6.07, 6.45) is 3.44. The van der Waals surface area contributed by atoms with Crippen LogP contribution in [0.4, 0.5) is 0 Å². The van der Waals surface area contributed by atoms with E-state index in [1.807, 2.05) is 46.8 Å². The van der Waals surface area contributed by atoms with E-state index in [9.17, 15) is 4.79 Å². The van der Waals surface area contributed by atoms with Gasteiger partial charge < -0.3 is 14.2 Å². The third kappa shape index (κ3) is 3.52. The van der Waals surface area contributed by atoms with Crippen molar-refractivity contribution in [2.75, 3.05) is 14.2 Å². The summed E-state index contributed by atoms with van der Waals surface area (Å²) in [5.74, 6) is 1.98. The van der Waals surface area contributed by atoms with Gasteiger partial charge in [-0.25, -0.2) is 0 Å². The molecule has 1 fully saturated rings. The number of hydrogen-bond donors (Lipinski definition) is 0. The molecule has 0 bridgehead atoms. The number of rotatable bonds is 3. The van der Waals surface area contributed by atoms with Crippen molar-refractivity contribution in [3.8, 4) is 11.5 Å². The van der Waals surface area contributed by atoms with Crippen LogP contribution >= 0.6 is 0 Å². The molecule has 144 valence electrons. The summed E-state index contributed by atoms with van der Waals surface area (Å²) in [6, 6.07) is 4.08. The fraction of sp³-hybridized carbons (Fsp3) is 0.591. The van der Waals surface area contributed by atoms with E-state index >= 15 is 0 Å². The summed E-state index contributed by atoms with van der Waals surface area (Å²) in [6.45, 7) is 10.5. The molecule has 0 radical (unpaired) electrons. The molecule has 1 aromatic rings. The van der Waals surface area contributed by atoms with Crippen molar-refractivity contribution < 1.29 is 19.0 Å². The molecule has 0 aromatic heterocycles. The topological polar surface area (TPSA) is 44.8 Å². The minimum absolute atomic E-state index is 0.0126. The Bertz CT molecular complexity index is 688. The van der Waals surface area contributed by atoms with E-state index in [1.165, 1.54) is 0 Å². The van der Waals surface area contributed by atoms with Crippen molar-refractivity contribution in [3.05, 3.63) is 34.9 Å². The third-order valence-corrected chi connectivity index (χ3v) is 5.45. The minimum Gasteiger partial charge on any atom is -0.493 e. The maximum Gasteiger partial charge on any atom is 0.164 e. The van der Waals surface area contributed by atoms with Crippen LogP contribution in [0, 0.1) is 11.3 Å². The van der Waals surface area contributed by atoms with Crippen LogP contribution in [-0.4, -0.2) is 26.1 Å². The van der Waals surface area contributed by atoms with Crippen LogP contribution < -0.4 is 9.47 Å². The van der Waals surface area contributed by atoms with Crippen LogP contribution in [0.1, 0.15) is 52.2 Å². The average Bonchev–Trinajstić information content (AvgIpc) is 2.65. The normalized spacial score (nSPS) is 24.7. The molecule has 4 heteroatoms. The molecule has 0 spiro atoms. The van der Waals surface area contributed by atoms with E-state index in [-0.39, 0.29) is 17.8 Å². The van der Waals surface area contributed by atoms with Crippen molar-refractivity contribution in [1.82, 2.24) is 0 Å². The molecule has 26 heavy (non-hydrogen) atoms. The predicted octanol–water partition coefficient (Wildman–Crippen LogP) is 4.73. The van der Waals surface area contributed by atoms with Crippen LogP contribution in [0.2, 0.25) is 0 Å². The van der Waals surface area contributed by atoms with E-state index < -0.39 is 5.41 Å². The highest BCUT2D eigenvalue weighted by Crippen LogP contribution is 2.49. The molecular weight excluding hydrogens is 328 g/mol. The third-order valence-electron chi connectivity index (χ3n) is 5.45. The first-order valence-electron chi connectivity index (χ1n) is 9.47. The van der Waals surface area contributed by atoms with Gasteiger partial charge in [-0.1, -0.05) is 33.8 Å². The first-order valence-corrected chi connectivity index (χ1v) is 9.47. The molecule has 3 rings (SSSR count). The Labute approximate surface area is 157 Å². The first kappa shape index (κ1) is 20.5. The molecule has 2 unspecified atom stereocenters. The smallest absolute Gasteiger partial charge is 0.164 e. The zero-order valence-corrected chi connectivity index (χ0v) is 17.1. The van der Waals surface area contributed by atoms with Gasteiger partial charge in [0.2, 0.25) is 0 Å². The number of fused-ring (bicyclic) bond motifs is 2. The van der Waals surface area contributed by atoms with Gasteiger partial charge >= 0.3 is 0 Å². The summed E-state index contributed by atoms with van der Waals surface area (Å²) in [5.41, 5.74) is 2.61. The van der Waals surface area contributed by atoms with Crippen molar-refractivity contribution in [3.63, 3.8) is 0 Å². The number of hydrogen-bond acceptors (Lipinski definition) is 4. The summed E-state index contributed by atoms with van der Waals surface area (Å²) in [5, 5.41) is 0. The molecule has 1 aliphatic carbocycles. The van der Waals surface area contributed by atoms with Crippen molar-refractivity contribution >= 4 is 5.78 Å². The Hall–Kier alpha value is -1.81. The number of benzene rings is 1. The molecule has 0 saturated heterocycles. The maximum atomic E-state index is 12.8. The van der Waals surface area contributed by atoms with Crippen LogP contribution in [0.5, 0.6) is 11.5 Å². The van der Waals surface area contributed by atoms with E-state index in [0.717, 1.165) is 34.6 Å². The Balaban J connectivity index is 0.00000117. The van der Waals surface area contributed by atoms with Crippen LogP contribution in [0.3, 0.4) is 0 Å². The van der Waals surface area contributed by atoms with Gasteiger partial charge in [0.1, 0.15) is 6.10 Å². The van der Waals surface area contributed by atoms with Crippen molar-refractivity contribution in [2.45, 2.75) is 60.2 Å². The number of ether oxygens (including phenoxy) is 3. The molecule has 2 atom stereocenters. The van der Waals surface area contributed by atoms with Crippen LogP contribution in [0.25, 0.3) is 0 Å². The largest absolute Gasteiger partial charge is 0.493 e. The Kier molecular flexibility index (Phi) is 6.51. The van der Waals surface area contributed by atoms with Crippen molar-refractivity contribution in [1.29, 1.82) is 0 Å². The highest BCUT2D eigenvalue weighted by molar-refractivity contribution is 6.00. The number of methoxy groups -OCH3 is 2. The minimum atomic E-state index is -0.424.